The first-order valence-corrected chi connectivity index (χ1v) is 15.8. The monoisotopic (exact) mass is 576 g/mol. The van der Waals surface area contributed by atoms with Gasteiger partial charge in [-0.05, 0) is 87.3 Å². The molecule has 9 rings (SSSR count). The first kappa shape index (κ1) is 26.0. The fraction of sp³-hybridized carbons (Fsp3) is 0.0909. The van der Waals surface area contributed by atoms with E-state index in [1.165, 1.54) is 66.4 Å². The molecular weight excluding hydrogens is 544 g/mol. The van der Waals surface area contributed by atoms with Crippen molar-refractivity contribution in [2.24, 2.45) is 0 Å². The van der Waals surface area contributed by atoms with Crippen molar-refractivity contribution in [3.05, 3.63) is 191 Å². The lowest BCUT2D eigenvalue weighted by Gasteiger charge is -2.39. The summed E-state index contributed by atoms with van der Waals surface area (Å²) in [4.78, 5) is 0. The topological polar surface area (TPSA) is 9.23 Å². The molecule has 0 radical (unpaired) electrons. The van der Waals surface area contributed by atoms with Crippen molar-refractivity contribution < 1.29 is 4.74 Å². The molecule has 1 heterocycles. The Hall–Kier alpha value is -5.40. The van der Waals surface area contributed by atoms with Crippen LogP contribution in [0.3, 0.4) is 0 Å². The molecule has 7 aromatic carbocycles. The van der Waals surface area contributed by atoms with Gasteiger partial charge in [0, 0.05) is 16.5 Å². The van der Waals surface area contributed by atoms with Crippen LogP contribution < -0.4 is 4.74 Å². The van der Waals surface area contributed by atoms with Crippen molar-refractivity contribution in [3.8, 4) is 33.8 Å². The van der Waals surface area contributed by atoms with Crippen molar-refractivity contribution in [3.63, 3.8) is 0 Å². The molecule has 7 aromatic rings. The van der Waals surface area contributed by atoms with Gasteiger partial charge in [-0.15, -0.1) is 0 Å². The third-order valence-corrected chi connectivity index (χ3v) is 10.5. The van der Waals surface area contributed by atoms with Gasteiger partial charge in [-0.25, -0.2) is 0 Å². The molecule has 1 aliphatic heterocycles. The number of benzene rings is 7. The van der Waals surface area contributed by atoms with Crippen molar-refractivity contribution >= 4 is 10.8 Å². The van der Waals surface area contributed by atoms with Crippen LogP contribution in [0.5, 0.6) is 11.5 Å². The second kappa shape index (κ2) is 9.55. The highest BCUT2D eigenvalue weighted by Gasteiger charge is 2.44. The van der Waals surface area contributed by atoms with Crippen LogP contribution in [0.25, 0.3) is 33.0 Å². The maximum atomic E-state index is 6.66. The Kier molecular flexibility index (Phi) is 5.53. The van der Waals surface area contributed by atoms with E-state index in [4.69, 9.17) is 4.74 Å². The van der Waals surface area contributed by atoms with Crippen molar-refractivity contribution in [2.45, 2.75) is 24.7 Å². The van der Waals surface area contributed by atoms with Crippen LogP contribution in [0, 0.1) is 0 Å². The van der Waals surface area contributed by atoms with Crippen LogP contribution in [-0.4, -0.2) is 0 Å². The summed E-state index contributed by atoms with van der Waals surface area (Å²) in [7, 11) is 0. The van der Waals surface area contributed by atoms with Crippen LogP contribution in [0.1, 0.15) is 47.2 Å². The molecule has 2 atom stereocenters. The molecule has 0 saturated heterocycles. The van der Waals surface area contributed by atoms with Crippen molar-refractivity contribution in [1.82, 2.24) is 0 Å². The molecule has 0 saturated carbocycles. The highest BCUT2D eigenvalue weighted by Crippen LogP contribution is 2.57. The average molecular weight is 577 g/mol. The molecule has 0 fully saturated rings. The van der Waals surface area contributed by atoms with Gasteiger partial charge in [-0.1, -0.05) is 140 Å². The second-order valence-corrected chi connectivity index (χ2v) is 12.7. The highest BCUT2D eigenvalue weighted by atomic mass is 16.5. The summed E-state index contributed by atoms with van der Waals surface area (Å²) in [5, 5.41) is 2.59. The van der Waals surface area contributed by atoms with Crippen LogP contribution in [0.2, 0.25) is 0 Å². The zero-order chi connectivity index (χ0) is 30.2. The molecule has 2 aliphatic rings. The van der Waals surface area contributed by atoms with Gasteiger partial charge in [0.25, 0.3) is 0 Å². The largest absolute Gasteiger partial charge is 0.457 e. The Morgan fingerprint density at radius 3 is 1.82 bits per heavy atom. The number of hydrogen-bond acceptors (Lipinski definition) is 1. The zero-order valence-corrected chi connectivity index (χ0v) is 25.4. The van der Waals surface area contributed by atoms with Crippen molar-refractivity contribution in [1.29, 1.82) is 0 Å². The standard InChI is InChI=1S/C44H32O/c1-43(31-15-5-3-6-16-31)37-21-11-12-22-39(37)45-40-23-13-20-34(42(40)43)30-25-26-35-36-27-24-29-14-9-10-19-33(29)41(36)44(2,38(35)28-30)32-17-7-4-8-18-32/h3-28H,1-2H3. The van der Waals surface area contributed by atoms with Gasteiger partial charge >= 0.3 is 0 Å². The third kappa shape index (κ3) is 3.56. The smallest absolute Gasteiger partial charge is 0.132 e. The molecule has 0 bridgehead atoms. The predicted molar refractivity (Wildman–Crippen MR) is 185 cm³/mol. The van der Waals surface area contributed by atoms with Gasteiger partial charge in [0.1, 0.15) is 11.5 Å². The Bertz CT molecular complexity index is 2270. The van der Waals surface area contributed by atoms with E-state index in [2.05, 4.69) is 172 Å². The fourth-order valence-corrected chi connectivity index (χ4v) is 8.27. The van der Waals surface area contributed by atoms with Crippen LogP contribution in [0.4, 0.5) is 0 Å². The van der Waals surface area contributed by atoms with Gasteiger partial charge in [0.05, 0.1) is 5.41 Å². The van der Waals surface area contributed by atoms with E-state index in [9.17, 15) is 0 Å². The summed E-state index contributed by atoms with van der Waals surface area (Å²) in [5.74, 6) is 1.83. The molecule has 1 aliphatic carbocycles. The quantitative estimate of drug-likeness (QED) is 0.203. The number of ether oxygens (including phenoxy) is 1. The Balaban J connectivity index is 1.32. The normalized spacial score (nSPS) is 19.2. The zero-order valence-electron chi connectivity index (χ0n) is 25.4. The highest BCUT2D eigenvalue weighted by molar-refractivity contribution is 5.99. The molecule has 1 nitrogen and oxygen atoms in total. The van der Waals surface area contributed by atoms with E-state index < -0.39 is 5.41 Å². The summed E-state index contributed by atoms with van der Waals surface area (Å²) in [5.41, 5.74) is 12.0. The van der Waals surface area contributed by atoms with E-state index in [0.29, 0.717) is 0 Å². The Morgan fingerprint density at radius 1 is 0.422 bits per heavy atom. The average Bonchev–Trinajstić information content (AvgIpc) is 3.37. The summed E-state index contributed by atoms with van der Waals surface area (Å²) in [6.45, 7) is 4.77. The lowest BCUT2D eigenvalue weighted by atomic mass is 9.67. The minimum absolute atomic E-state index is 0.316. The maximum Gasteiger partial charge on any atom is 0.132 e. The van der Waals surface area contributed by atoms with Gasteiger partial charge in [-0.2, -0.15) is 0 Å². The van der Waals surface area contributed by atoms with Crippen LogP contribution in [-0.2, 0) is 10.8 Å². The van der Waals surface area contributed by atoms with Gasteiger partial charge < -0.3 is 4.74 Å². The van der Waals surface area contributed by atoms with Crippen LogP contribution >= 0.6 is 0 Å². The molecule has 0 N–H and O–H groups in total. The molecule has 0 aromatic heterocycles. The Labute approximate surface area is 264 Å². The number of rotatable bonds is 3. The minimum Gasteiger partial charge on any atom is -0.457 e. The summed E-state index contributed by atoms with van der Waals surface area (Å²) in [6, 6.07) is 57.5. The van der Waals surface area contributed by atoms with E-state index >= 15 is 0 Å². The maximum absolute atomic E-state index is 6.66. The lowest BCUT2D eigenvalue weighted by molar-refractivity contribution is 0.428. The first-order chi connectivity index (χ1) is 22.1. The van der Waals surface area contributed by atoms with Gasteiger partial charge in [0.15, 0.2) is 0 Å². The number of para-hydroxylation sites is 1. The van der Waals surface area contributed by atoms with E-state index in [1.54, 1.807) is 0 Å². The third-order valence-electron chi connectivity index (χ3n) is 10.5. The van der Waals surface area contributed by atoms with E-state index in [-0.39, 0.29) is 5.41 Å². The molecular formula is C44H32O. The SMILES string of the molecule is CC1(c2ccccc2)c2ccccc2Oc2cccc(-c3ccc4c(c3)C(C)(c3ccccc3)c3c-4ccc4ccccc34)c21. The molecule has 1 heteroatoms. The lowest BCUT2D eigenvalue weighted by Crippen LogP contribution is -2.30. The minimum atomic E-state index is -0.400. The van der Waals surface area contributed by atoms with Crippen molar-refractivity contribution in [2.75, 3.05) is 0 Å². The summed E-state index contributed by atoms with van der Waals surface area (Å²) >= 11 is 0. The first-order valence-electron chi connectivity index (χ1n) is 15.8. The fourth-order valence-electron chi connectivity index (χ4n) is 8.27. The summed E-state index contributed by atoms with van der Waals surface area (Å²) in [6.07, 6.45) is 0. The predicted octanol–water partition coefficient (Wildman–Crippen LogP) is 11.3. The second-order valence-electron chi connectivity index (χ2n) is 12.7. The van der Waals surface area contributed by atoms with Gasteiger partial charge in [0.2, 0.25) is 0 Å². The summed E-state index contributed by atoms with van der Waals surface area (Å²) < 4.78 is 6.66. The number of hydrogen-bond donors (Lipinski definition) is 0. The molecule has 214 valence electrons. The van der Waals surface area contributed by atoms with E-state index in [0.717, 1.165) is 11.5 Å². The molecule has 45 heavy (non-hydrogen) atoms. The molecule has 0 spiro atoms. The molecule has 0 amide bonds. The number of fused-ring (bicyclic) bond motifs is 7. The van der Waals surface area contributed by atoms with Gasteiger partial charge in [-0.3, -0.25) is 0 Å². The van der Waals surface area contributed by atoms with E-state index in [1.807, 2.05) is 0 Å². The van der Waals surface area contributed by atoms with Crippen LogP contribution in [0.15, 0.2) is 158 Å². The Morgan fingerprint density at radius 2 is 1.04 bits per heavy atom. The molecule has 2 unspecified atom stereocenters.